The lowest BCUT2D eigenvalue weighted by molar-refractivity contribution is -0.140. The second-order valence-corrected chi connectivity index (χ2v) is 12.2. The van der Waals surface area contributed by atoms with Crippen molar-refractivity contribution >= 4 is 27.5 Å². The molecule has 0 radical (unpaired) electrons. The van der Waals surface area contributed by atoms with Gasteiger partial charge < -0.3 is 10.2 Å². The molecule has 3 aromatic rings. The van der Waals surface area contributed by atoms with E-state index >= 15 is 0 Å². The molecule has 0 unspecified atom stereocenters. The molecule has 3 aromatic carbocycles. The van der Waals surface area contributed by atoms with E-state index in [1.54, 1.807) is 30.3 Å². The van der Waals surface area contributed by atoms with Gasteiger partial charge in [-0.15, -0.1) is 0 Å². The van der Waals surface area contributed by atoms with Crippen LogP contribution in [0.5, 0.6) is 0 Å². The van der Waals surface area contributed by atoms with Crippen molar-refractivity contribution in [3.63, 3.8) is 0 Å². The minimum atomic E-state index is -4.08. The van der Waals surface area contributed by atoms with Crippen LogP contribution in [0.25, 0.3) is 0 Å². The summed E-state index contributed by atoms with van der Waals surface area (Å²) in [6.07, 6.45) is 0.978. The van der Waals surface area contributed by atoms with E-state index in [0.29, 0.717) is 25.1 Å². The molecule has 0 fully saturated rings. The number of anilines is 1. The lowest BCUT2D eigenvalue weighted by Crippen LogP contribution is -2.52. The lowest BCUT2D eigenvalue weighted by Gasteiger charge is -2.34. The van der Waals surface area contributed by atoms with Gasteiger partial charge in [0.2, 0.25) is 11.8 Å². The number of nitrogens with one attached hydrogen (secondary N) is 1. The molecule has 214 valence electrons. The average Bonchev–Trinajstić information content (AvgIpc) is 2.95. The molecule has 0 spiro atoms. The molecule has 7 nitrogen and oxygen atoms in total. The molecule has 0 aliphatic rings. The summed E-state index contributed by atoms with van der Waals surface area (Å²) in [6.45, 7) is 10.0. The second-order valence-electron chi connectivity index (χ2n) is 10.4. The first kappa shape index (κ1) is 30.9. The van der Waals surface area contributed by atoms with Crippen LogP contribution in [0.2, 0.25) is 0 Å². The van der Waals surface area contributed by atoms with Crippen LogP contribution in [0.3, 0.4) is 0 Å². The average molecular weight is 564 g/mol. The summed E-state index contributed by atoms with van der Waals surface area (Å²) in [5, 5.41) is 2.96. The highest BCUT2D eigenvalue weighted by atomic mass is 32.2. The van der Waals surface area contributed by atoms with Gasteiger partial charge in [-0.1, -0.05) is 93.9 Å². The Morgan fingerprint density at radius 1 is 0.875 bits per heavy atom. The van der Waals surface area contributed by atoms with Crippen LogP contribution in [-0.2, 0) is 32.6 Å². The van der Waals surface area contributed by atoms with Crippen molar-refractivity contribution in [1.29, 1.82) is 0 Å². The van der Waals surface area contributed by atoms with Gasteiger partial charge in [0.25, 0.3) is 10.0 Å². The zero-order valence-corrected chi connectivity index (χ0v) is 24.9. The number of nitrogens with zero attached hydrogens (tertiary/aromatic N) is 2. The van der Waals surface area contributed by atoms with Crippen LogP contribution in [0.15, 0.2) is 83.8 Å². The summed E-state index contributed by atoms with van der Waals surface area (Å²) in [6, 6.07) is 22.4. The SMILES string of the molecule is CCc1ccccc1N(CC(=O)N(Cc1ccc(C)cc1)[C@H](CC)C(=O)NCC(C)C)S(=O)(=O)c1ccccc1. The molecule has 0 aliphatic carbocycles. The van der Waals surface area contributed by atoms with Crippen molar-refractivity contribution in [2.24, 2.45) is 5.92 Å². The number of sulfonamides is 1. The van der Waals surface area contributed by atoms with E-state index in [9.17, 15) is 18.0 Å². The van der Waals surface area contributed by atoms with Crippen molar-refractivity contribution in [3.05, 3.63) is 95.6 Å². The zero-order chi connectivity index (χ0) is 29.3. The van der Waals surface area contributed by atoms with Gasteiger partial charge in [0, 0.05) is 13.1 Å². The molecule has 0 bridgehead atoms. The van der Waals surface area contributed by atoms with Gasteiger partial charge in [0.15, 0.2) is 0 Å². The molecular weight excluding hydrogens is 522 g/mol. The maximum atomic E-state index is 14.2. The van der Waals surface area contributed by atoms with Crippen LogP contribution in [0.1, 0.15) is 50.8 Å². The van der Waals surface area contributed by atoms with E-state index in [0.717, 1.165) is 16.7 Å². The molecule has 0 heterocycles. The third kappa shape index (κ3) is 7.72. The molecule has 0 saturated heterocycles. The normalized spacial score (nSPS) is 12.2. The molecule has 40 heavy (non-hydrogen) atoms. The first-order chi connectivity index (χ1) is 19.1. The number of carbonyl (C=O) groups is 2. The quantitative estimate of drug-likeness (QED) is 0.305. The number of benzene rings is 3. The topological polar surface area (TPSA) is 86.8 Å². The number of rotatable bonds is 13. The van der Waals surface area contributed by atoms with E-state index in [-0.39, 0.29) is 23.3 Å². The van der Waals surface area contributed by atoms with E-state index in [4.69, 9.17) is 0 Å². The highest BCUT2D eigenvalue weighted by Gasteiger charge is 2.34. The molecule has 0 aromatic heterocycles. The van der Waals surface area contributed by atoms with Gasteiger partial charge in [-0.25, -0.2) is 8.42 Å². The Balaban J connectivity index is 2.06. The number of hydrogen-bond donors (Lipinski definition) is 1. The van der Waals surface area contributed by atoms with Crippen molar-refractivity contribution in [2.45, 2.75) is 64.9 Å². The standard InChI is InChI=1S/C32H41N3O4S/c1-6-27-13-11-12-16-30(27)35(40(38,39)28-14-9-8-10-15-28)23-31(36)34(22-26-19-17-25(5)18-20-26)29(7-2)32(37)33-21-24(3)4/h8-20,24,29H,6-7,21-23H2,1-5H3,(H,33,37)/t29-/m1/s1. The third-order valence-electron chi connectivity index (χ3n) is 6.80. The van der Waals surface area contributed by atoms with Crippen LogP contribution in [-0.4, -0.2) is 44.3 Å². The summed E-state index contributed by atoms with van der Waals surface area (Å²) in [5.41, 5.74) is 3.21. The van der Waals surface area contributed by atoms with Crippen LogP contribution >= 0.6 is 0 Å². The van der Waals surface area contributed by atoms with Crippen molar-refractivity contribution in [2.75, 3.05) is 17.4 Å². The largest absolute Gasteiger partial charge is 0.354 e. The highest BCUT2D eigenvalue weighted by Crippen LogP contribution is 2.28. The minimum Gasteiger partial charge on any atom is -0.354 e. The van der Waals surface area contributed by atoms with E-state index in [2.05, 4.69) is 5.32 Å². The van der Waals surface area contributed by atoms with Gasteiger partial charge >= 0.3 is 0 Å². The number of carbonyl (C=O) groups excluding carboxylic acids is 2. The number of para-hydroxylation sites is 1. The maximum absolute atomic E-state index is 14.2. The molecule has 8 heteroatoms. The van der Waals surface area contributed by atoms with Gasteiger partial charge in [0.1, 0.15) is 12.6 Å². The van der Waals surface area contributed by atoms with Crippen LogP contribution < -0.4 is 9.62 Å². The Morgan fingerprint density at radius 2 is 1.50 bits per heavy atom. The molecule has 0 saturated carbocycles. The smallest absolute Gasteiger partial charge is 0.264 e. The zero-order valence-electron chi connectivity index (χ0n) is 24.1. The number of hydrogen-bond acceptors (Lipinski definition) is 4. The van der Waals surface area contributed by atoms with Gasteiger partial charge in [-0.3, -0.25) is 13.9 Å². The predicted molar refractivity (Wildman–Crippen MR) is 160 cm³/mol. The lowest BCUT2D eigenvalue weighted by atomic mass is 10.1. The fraction of sp³-hybridized carbons (Fsp3) is 0.375. The summed E-state index contributed by atoms with van der Waals surface area (Å²) in [5.74, 6) is -0.444. The summed E-state index contributed by atoms with van der Waals surface area (Å²) in [7, 11) is -4.08. The Hall–Kier alpha value is -3.65. The summed E-state index contributed by atoms with van der Waals surface area (Å²) in [4.78, 5) is 29.1. The maximum Gasteiger partial charge on any atom is 0.264 e. The van der Waals surface area contributed by atoms with Crippen molar-refractivity contribution in [1.82, 2.24) is 10.2 Å². The van der Waals surface area contributed by atoms with Gasteiger partial charge in [-0.2, -0.15) is 0 Å². The first-order valence-corrected chi connectivity index (χ1v) is 15.3. The van der Waals surface area contributed by atoms with Crippen LogP contribution in [0, 0.1) is 12.8 Å². The third-order valence-corrected chi connectivity index (χ3v) is 8.57. The number of amides is 2. The Bertz CT molecular complexity index is 1370. The second kappa shape index (κ2) is 14.1. The predicted octanol–water partition coefficient (Wildman–Crippen LogP) is 5.33. The molecular formula is C32H41N3O4S. The number of aryl methyl sites for hydroxylation is 2. The Kier molecular flexibility index (Phi) is 10.9. The molecule has 1 atom stereocenters. The van der Waals surface area contributed by atoms with E-state index < -0.39 is 28.5 Å². The molecule has 1 N–H and O–H groups in total. The monoisotopic (exact) mass is 563 g/mol. The molecule has 3 rings (SSSR count). The summed E-state index contributed by atoms with van der Waals surface area (Å²) < 4.78 is 29.1. The first-order valence-electron chi connectivity index (χ1n) is 13.9. The van der Waals surface area contributed by atoms with Crippen LogP contribution in [0.4, 0.5) is 5.69 Å². The van der Waals surface area contributed by atoms with E-state index in [1.807, 2.05) is 71.0 Å². The molecule has 2 amide bonds. The van der Waals surface area contributed by atoms with Crippen molar-refractivity contribution < 1.29 is 18.0 Å². The minimum absolute atomic E-state index is 0.0977. The van der Waals surface area contributed by atoms with E-state index in [1.165, 1.54) is 21.3 Å². The summed E-state index contributed by atoms with van der Waals surface area (Å²) >= 11 is 0. The van der Waals surface area contributed by atoms with Crippen molar-refractivity contribution in [3.8, 4) is 0 Å². The fourth-order valence-corrected chi connectivity index (χ4v) is 5.99. The molecule has 0 aliphatic heterocycles. The van der Waals surface area contributed by atoms with Gasteiger partial charge in [-0.05, 0) is 55.0 Å². The highest BCUT2D eigenvalue weighted by molar-refractivity contribution is 7.92. The fourth-order valence-electron chi connectivity index (χ4n) is 4.52. The van der Waals surface area contributed by atoms with Gasteiger partial charge in [0.05, 0.1) is 10.6 Å². The Morgan fingerprint density at radius 3 is 2.10 bits per heavy atom. The Labute approximate surface area is 239 Å².